The van der Waals surface area contributed by atoms with Crippen molar-refractivity contribution in [2.24, 2.45) is 4.99 Å². The first-order valence-electron chi connectivity index (χ1n) is 5.83. The number of nitrogens with zero attached hydrogens (tertiary/aromatic N) is 2. The number of hydrogen-bond donors (Lipinski definition) is 2. The summed E-state index contributed by atoms with van der Waals surface area (Å²) in [4.78, 5) is 30.4. The summed E-state index contributed by atoms with van der Waals surface area (Å²) in [6.45, 7) is 0. The van der Waals surface area contributed by atoms with E-state index in [1.54, 1.807) is 0 Å². The van der Waals surface area contributed by atoms with Gasteiger partial charge in [-0.2, -0.15) is 0 Å². The Kier molecular flexibility index (Phi) is 3.07. The van der Waals surface area contributed by atoms with Crippen molar-refractivity contribution >= 4 is 44.5 Å². The van der Waals surface area contributed by atoms with Crippen molar-refractivity contribution in [3.05, 3.63) is 24.3 Å². The quantitative estimate of drug-likeness (QED) is 0.789. The number of guanidine groups is 1. The van der Waals surface area contributed by atoms with Crippen molar-refractivity contribution in [1.82, 2.24) is 10.3 Å². The standard InChI is InChI=1S/C12H10N4O3S/c17-9-5-7(10(18)19)13-11(15-9)16-12-14-6-3-1-2-4-8(6)20-12/h1-4,7H,5H2,(H,18,19)(H2,13,14,15,16,17)/p-1. The molecule has 3 rings (SSSR count). The lowest BCUT2D eigenvalue weighted by Crippen LogP contribution is -2.47. The number of amides is 1. The summed E-state index contributed by atoms with van der Waals surface area (Å²) in [6.07, 6.45) is -0.215. The molecule has 8 heteroatoms. The van der Waals surface area contributed by atoms with E-state index in [-0.39, 0.29) is 12.4 Å². The van der Waals surface area contributed by atoms with Gasteiger partial charge >= 0.3 is 0 Å². The summed E-state index contributed by atoms with van der Waals surface area (Å²) >= 11 is 1.38. The number of nitrogens with one attached hydrogen (secondary N) is 2. The molecule has 102 valence electrons. The fourth-order valence-corrected chi connectivity index (χ4v) is 2.68. The van der Waals surface area contributed by atoms with Crippen molar-refractivity contribution in [2.45, 2.75) is 12.5 Å². The number of benzene rings is 1. The van der Waals surface area contributed by atoms with Crippen LogP contribution in [0, 0.1) is 0 Å². The van der Waals surface area contributed by atoms with Gasteiger partial charge in [0.1, 0.15) is 6.04 Å². The number of aliphatic carboxylic acids is 1. The minimum absolute atomic E-state index is 0.0782. The average molecular weight is 289 g/mol. The average Bonchev–Trinajstić information content (AvgIpc) is 2.79. The zero-order valence-corrected chi connectivity index (χ0v) is 10.9. The largest absolute Gasteiger partial charge is 0.548 e. The van der Waals surface area contributed by atoms with Gasteiger partial charge in [0.2, 0.25) is 11.9 Å². The maximum absolute atomic E-state index is 11.4. The number of para-hydroxylation sites is 1. The van der Waals surface area contributed by atoms with Gasteiger partial charge in [-0.15, -0.1) is 0 Å². The first kappa shape index (κ1) is 12.5. The summed E-state index contributed by atoms with van der Waals surface area (Å²) in [7, 11) is 0. The Morgan fingerprint density at radius 3 is 3.00 bits per heavy atom. The molecule has 1 unspecified atom stereocenters. The van der Waals surface area contributed by atoms with Crippen molar-refractivity contribution in [3.8, 4) is 0 Å². The van der Waals surface area contributed by atoms with Crippen LogP contribution < -0.4 is 15.7 Å². The Bertz CT molecular complexity index is 691. The predicted octanol–water partition coefficient (Wildman–Crippen LogP) is -0.297. The Hall–Kier alpha value is -2.48. The molecule has 1 atom stereocenters. The van der Waals surface area contributed by atoms with E-state index in [0.717, 1.165) is 10.2 Å². The Labute approximate surface area is 117 Å². The molecule has 1 aromatic heterocycles. The molecule has 20 heavy (non-hydrogen) atoms. The van der Waals surface area contributed by atoms with Gasteiger partial charge in [-0.1, -0.05) is 23.5 Å². The van der Waals surface area contributed by atoms with E-state index in [9.17, 15) is 14.7 Å². The van der Waals surface area contributed by atoms with Crippen LogP contribution in [0.1, 0.15) is 6.42 Å². The Morgan fingerprint density at radius 2 is 2.25 bits per heavy atom. The van der Waals surface area contributed by atoms with Crippen LogP contribution in [0.25, 0.3) is 10.2 Å². The van der Waals surface area contributed by atoms with Crippen LogP contribution in [-0.2, 0) is 9.59 Å². The fraction of sp³-hybridized carbons (Fsp3) is 0.167. The minimum Gasteiger partial charge on any atom is -0.548 e. The number of carboxylic acid groups (broad SMARTS) is 1. The third kappa shape index (κ3) is 2.45. The second-order valence-electron chi connectivity index (χ2n) is 4.18. The molecule has 0 radical (unpaired) electrons. The van der Waals surface area contributed by atoms with Gasteiger partial charge < -0.3 is 15.2 Å². The molecule has 1 aromatic carbocycles. The summed E-state index contributed by atoms with van der Waals surface area (Å²) in [5.41, 5.74) is 0.819. The van der Waals surface area contributed by atoms with Crippen LogP contribution in [0.2, 0.25) is 0 Å². The third-order valence-corrected chi connectivity index (χ3v) is 3.66. The summed E-state index contributed by atoms with van der Waals surface area (Å²) in [6, 6.07) is 6.39. The SMILES string of the molecule is O=C1CC(C(=O)[O-])N=C(Nc2nc3ccccc3s2)N1. The van der Waals surface area contributed by atoms with Gasteiger partial charge in [-0.25, -0.2) is 9.98 Å². The van der Waals surface area contributed by atoms with E-state index in [1.807, 2.05) is 24.3 Å². The Morgan fingerprint density at radius 1 is 1.45 bits per heavy atom. The number of rotatable bonds is 2. The zero-order valence-electron chi connectivity index (χ0n) is 10.1. The van der Waals surface area contributed by atoms with E-state index in [1.165, 1.54) is 11.3 Å². The fourth-order valence-electron chi connectivity index (χ4n) is 1.82. The summed E-state index contributed by atoms with van der Waals surface area (Å²) in [5.74, 6) is -1.71. The van der Waals surface area contributed by atoms with Crippen molar-refractivity contribution in [3.63, 3.8) is 0 Å². The number of hydrogen-bond acceptors (Lipinski definition) is 7. The number of carbonyl (C=O) groups is 2. The smallest absolute Gasteiger partial charge is 0.229 e. The summed E-state index contributed by atoms with van der Waals surface area (Å²) in [5, 5.41) is 16.6. The predicted molar refractivity (Wildman–Crippen MR) is 72.2 cm³/mol. The zero-order chi connectivity index (χ0) is 14.1. The number of fused-ring (bicyclic) bond motifs is 1. The monoisotopic (exact) mass is 289 g/mol. The number of carbonyl (C=O) groups excluding carboxylic acids is 2. The van der Waals surface area contributed by atoms with E-state index in [4.69, 9.17) is 0 Å². The molecule has 0 aliphatic carbocycles. The second kappa shape index (κ2) is 4.89. The van der Waals surface area contributed by atoms with Crippen LogP contribution in [0.15, 0.2) is 29.3 Å². The van der Waals surface area contributed by atoms with Crippen molar-refractivity contribution in [1.29, 1.82) is 0 Å². The molecular formula is C12H9N4O3S-. The van der Waals surface area contributed by atoms with Crippen LogP contribution in [0.5, 0.6) is 0 Å². The molecule has 7 nitrogen and oxygen atoms in total. The highest BCUT2D eigenvalue weighted by Crippen LogP contribution is 2.25. The van der Waals surface area contributed by atoms with Crippen LogP contribution >= 0.6 is 11.3 Å². The number of aromatic nitrogens is 1. The van der Waals surface area contributed by atoms with Crippen LogP contribution in [-0.4, -0.2) is 28.9 Å². The number of anilines is 1. The molecule has 0 saturated heterocycles. The molecule has 0 spiro atoms. The van der Waals surface area contributed by atoms with Crippen molar-refractivity contribution < 1.29 is 14.7 Å². The lowest BCUT2D eigenvalue weighted by atomic mass is 10.2. The maximum atomic E-state index is 11.4. The van der Waals surface area contributed by atoms with Gasteiger partial charge in [0.25, 0.3) is 0 Å². The van der Waals surface area contributed by atoms with E-state index in [0.29, 0.717) is 5.13 Å². The molecular weight excluding hydrogens is 280 g/mol. The molecule has 0 saturated carbocycles. The normalized spacial score (nSPS) is 18.5. The van der Waals surface area contributed by atoms with Gasteiger partial charge in [0.15, 0.2) is 5.13 Å². The Balaban J connectivity index is 1.86. The molecule has 1 aliphatic rings. The first-order valence-corrected chi connectivity index (χ1v) is 6.64. The van der Waals surface area contributed by atoms with Crippen LogP contribution in [0.4, 0.5) is 5.13 Å². The molecule has 1 amide bonds. The van der Waals surface area contributed by atoms with Gasteiger partial charge in [-0.3, -0.25) is 10.1 Å². The van der Waals surface area contributed by atoms with E-state index >= 15 is 0 Å². The molecule has 0 fully saturated rings. The number of thiazole rings is 1. The van der Waals surface area contributed by atoms with Crippen LogP contribution in [0.3, 0.4) is 0 Å². The molecule has 1 aliphatic heterocycles. The molecule has 2 aromatic rings. The third-order valence-electron chi connectivity index (χ3n) is 2.71. The molecule has 0 bridgehead atoms. The highest BCUT2D eigenvalue weighted by atomic mass is 32.1. The number of aliphatic imine (C=N–C) groups is 1. The lowest BCUT2D eigenvalue weighted by Gasteiger charge is -2.21. The lowest BCUT2D eigenvalue weighted by molar-refractivity contribution is -0.307. The van der Waals surface area contributed by atoms with Gasteiger partial charge in [-0.05, 0) is 12.1 Å². The maximum Gasteiger partial charge on any atom is 0.229 e. The highest BCUT2D eigenvalue weighted by molar-refractivity contribution is 7.22. The van der Waals surface area contributed by atoms with Gasteiger partial charge in [0, 0.05) is 0 Å². The van der Waals surface area contributed by atoms with Gasteiger partial charge in [0.05, 0.1) is 22.6 Å². The molecule has 2 N–H and O–H groups in total. The minimum atomic E-state index is -1.37. The van der Waals surface area contributed by atoms with Crippen molar-refractivity contribution in [2.75, 3.05) is 5.32 Å². The second-order valence-corrected chi connectivity index (χ2v) is 5.21. The first-order chi connectivity index (χ1) is 9.61. The summed E-state index contributed by atoms with van der Waals surface area (Å²) < 4.78 is 0.981. The highest BCUT2D eigenvalue weighted by Gasteiger charge is 2.22. The topological polar surface area (TPSA) is 107 Å². The molecule has 2 heterocycles. The van der Waals surface area contributed by atoms with E-state index in [2.05, 4.69) is 20.6 Å². The number of carboxylic acids is 1. The van der Waals surface area contributed by atoms with E-state index < -0.39 is 17.9 Å².